The topological polar surface area (TPSA) is 81.2 Å². The normalized spacial score (nSPS) is 11.3. The lowest BCUT2D eigenvalue weighted by Gasteiger charge is -2.18. The third kappa shape index (κ3) is 3.90. The summed E-state index contributed by atoms with van der Waals surface area (Å²) in [4.78, 5) is 10.4. The maximum Gasteiger partial charge on any atom is 0.293 e. The Morgan fingerprint density at radius 1 is 1.47 bits per heavy atom. The van der Waals surface area contributed by atoms with Crippen LogP contribution >= 0.6 is 11.8 Å². The van der Waals surface area contributed by atoms with Crippen molar-refractivity contribution in [2.75, 3.05) is 5.43 Å². The molecule has 3 N–H and O–H groups in total. The number of para-hydroxylation sites is 1. The molecule has 94 valence electrons. The van der Waals surface area contributed by atoms with E-state index in [4.69, 9.17) is 5.84 Å². The molecule has 1 rings (SSSR count). The highest BCUT2D eigenvalue weighted by molar-refractivity contribution is 7.99. The first-order valence-corrected chi connectivity index (χ1v) is 6.20. The van der Waals surface area contributed by atoms with E-state index in [0.717, 1.165) is 5.56 Å². The van der Waals surface area contributed by atoms with Gasteiger partial charge >= 0.3 is 0 Å². The van der Waals surface area contributed by atoms with Crippen LogP contribution in [0.1, 0.15) is 26.3 Å². The number of nitrogens with two attached hydrogens (primary N) is 1. The zero-order valence-corrected chi connectivity index (χ0v) is 11.0. The van der Waals surface area contributed by atoms with Gasteiger partial charge in [-0.05, 0) is 5.56 Å². The highest BCUT2D eigenvalue weighted by Gasteiger charge is 2.18. The molecule has 0 bridgehead atoms. The minimum Gasteiger partial charge on any atom is -0.318 e. The molecule has 17 heavy (non-hydrogen) atoms. The van der Waals surface area contributed by atoms with E-state index in [0.29, 0.717) is 11.4 Å². The molecule has 0 aliphatic carbocycles. The van der Waals surface area contributed by atoms with Crippen LogP contribution in [0.15, 0.2) is 18.2 Å². The van der Waals surface area contributed by atoms with Gasteiger partial charge < -0.3 is 5.43 Å². The Bertz CT molecular complexity index is 416. The Morgan fingerprint density at radius 2 is 2.12 bits per heavy atom. The fraction of sp³-hybridized carbons (Fsp3) is 0.455. The maximum absolute atomic E-state index is 10.8. The van der Waals surface area contributed by atoms with E-state index >= 15 is 0 Å². The number of benzene rings is 1. The molecule has 0 fully saturated rings. The van der Waals surface area contributed by atoms with Gasteiger partial charge in [-0.1, -0.05) is 32.9 Å². The van der Waals surface area contributed by atoms with Crippen LogP contribution < -0.4 is 11.3 Å². The van der Waals surface area contributed by atoms with Crippen molar-refractivity contribution in [3.8, 4) is 0 Å². The van der Waals surface area contributed by atoms with E-state index in [1.165, 1.54) is 6.07 Å². The SMILES string of the molecule is CC(C)(C)SCc1cccc([N+](=O)[O-])c1NN. The van der Waals surface area contributed by atoms with Crippen molar-refractivity contribution < 1.29 is 4.92 Å². The molecule has 0 spiro atoms. The molecule has 0 amide bonds. The van der Waals surface area contributed by atoms with Gasteiger partial charge in [0.25, 0.3) is 5.69 Å². The maximum atomic E-state index is 10.8. The van der Waals surface area contributed by atoms with Gasteiger partial charge in [-0.2, -0.15) is 11.8 Å². The first-order valence-electron chi connectivity index (χ1n) is 5.22. The van der Waals surface area contributed by atoms with Gasteiger partial charge in [0.2, 0.25) is 0 Å². The van der Waals surface area contributed by atoms with Crippen molar-refractivity contribution >= 4 is 23.1 Å². The molecule has 0 unspecified atom stereocenters. The predicted octanol–water partition coefficient (Wildman–Crippen LogP) is 2.91. The number of hydrogen-bond acceptors (Lipinski definition) is 5. The van der Waals surface area contributed by atoms with E-state index in [1.54, 1.807) is 17.8 Å². The van der Waals surface area contributed by atoms with Crippen molar-refractivity contribution in [1.29, 1.82) is 0 Å². The van der Waals surface area contributed by atoms with Crippen molar-refractivity contribution in [3.63, 3.8) is 0 Å². The smallest absolute Gasteiger partial charge is 0.293 e. The summed E-state index contributed by atoms with van der Waals surface area (Å²) in [7, 11) is 0. The average Bonchev–Trinajstić information content (AvgIpc) is 2.24. The third-order valence-corrected chi connectivity index (χ3v) is 3.45. The first-order chi connectivity index (χ1) is 7.85. The number of nitro groups is 1. The molecule has 1 aromatic rings. The zero-order valence-electron chi connectivity index (χ0n) is 10.2. The fourth-order valence-corrected chi connectivity index (χ4v) is 2.15. The molecule has 0 heterocycles. The fourth-order valence-electron chi connectivity index (χ4n) is 1.32. The molecule has 1 aromatic carbocycles. The van der Waals surface area contributed by atoms with Crippen LogP contribution in [0.3, 0.4) is 0 Å². The van der Waals surface area contributed by atoms with Crippen molar-refractivity contribution in [2.24, 2.45) is 5.84 Å². The summed E-state index contributed by atoms with van der Waals surface area (Å²) in [6.07, 6.45) is 0. The zero-order chi connectivity index (χ0) is 13.1. The van der Waals surface area contributed by atoms with Gasteiger partial charge in [0.1, 0.15) is 5.69 Å². The van der Waals surface area contributed by atoms with Crippen molar-refractivity contribution in [3.05, 3.63) is 33.9 Å². The van der Waals surface area contributed by atoms with Gasteiger partial charge in [-0.3, -0.25) is 16.0 Å². The lowest BCUT2D eigenvalue weighted by molar-refractivity contribution is -0.384. The van der Waals surface area contributed by atoms with Crippen LogP contribution in [0.25, 0.3) is 0 Å². The van der Waals surface area contributed by atoms with Gasteiger partial charge in [-0.25, -0.2) is 0 Å². The summed E-state index contributed by atoms with van der Waals surface area (Å²) in [6, 6.07) is 4.97. The largest absolute Gasteiger partial charge is 0.318 e. The minimum absolute atomic E-state index is 0.0134. The molecular formula is C11H17N3O2S. The number of nitrogen functional groups attached to an aromatic ring is 1. The van der Waals surface area contributed by atoms with Crippen LogP contribution in [0.4, 0.5) is 11.4 Å². The minimum atomic E-state index is -0.430. The Balaban J connectivity index is 2.99. The van der Waals surface area contributed by atoms with E-state index < -0.39 is 4.92 Å². The van der Waals surface area contributed by atoms with E-state index in [2.05, 4.69) is 26.2 Å². The molecule has 0 radical (unpaired) electrons. The lowest BCUT2D eigenvalue weighted by atomic mass is 10.2. The van der Waals surface area contributed by atoms with Gasteiger partial charge in [0, 0.05) is 16.6 Å². The van der Waals surface area contributed by atoms with Crippen LogP contribution in [-0.2, 0) is 5.75 Å². The number of thioether (sulfide) groups is 1. The molecule has 0 aliphatic heterocycles. The predicted molar refractivity (Wildman–Crippen MR) is 72.0 cm³/mol. The van der Waals surface area contributed by atoms with E-state index in [-0.39, 0.29) is 10.4 Å². The standard InChI is InChI=1S/C11H17N3O2S/c1-11(2,3)17-7-8-5-4-6-9(14(15)16)10(8)13-12/h4-6,13H,7,12H2,1-3H3. The van der Waals surface area contributed by atoms with Gasteiger partial charge in [-0.15, -0.1) is 0 Å². The number of nitrogens with zero attached hydrogens (tertiary/aromatic N) is 1. The van der Waals surface area contributed by atoms with Crippen LogP contribution in [0.5, 0.6) is 0 Å². The van der Waals surface area contributed by atoms with Gasteiger partial charge in [0.15, 0.2) is 0 Å². The number of rotatable bonds is 4. The molecule has 0 aromatic heterocycles. The van der Waals surface area contributed by atoms with Gasteiger partial charge in [0.05, 0.1) is 4.92 Å². The molecular weight excluding hydrogens is 238 g/mol. The number of nitrogens with one attached hydrogen (secondary N) is 1. The second-order valence-corrected chi connectivity index (χ2v) is 6.42. The highest BCUT2D eigenvalue weighted by Crippen LogP contribution is 2.33. The molecule has 0 saturated carbocycles. The van der Waals surface area contributed by atoms with E-state index in [1.807, 2.05) is 6.07 Å². The molecule has 0 atom stereocenters. The molecule has 0 saturated heterocycles. The molecule has 5 nitrogen and oxygen atoms in total. The first kappa shape index (κ1) is 13.8. The van der Waals surface area contributed by atoms with Crippen LogP contribution in [0.2, 0.25) is 0 Å². The summed E-state index contributed by atoms with van der Waals surface area (Å²) >= 11 is 1.72. The monoisotopic (exact) mass is 255 g/mol. The Morgan fingerprint density at radius 3 is 2.59 bits per heavy atom. The number of hydrazine groups is 1. The summed E-state index contributed by atoms with van der Waals surface area (Å²) in [5, 5.41) is 10.8. The lowest BCUT2D eigenvalue weighted by Crippen LogP contribution is -2.13. The van der Waals surface area contributed by atoms with E-state index in [9.17, 15) is 10.1 Å². The number of nitro benzene ring substituents is 1. The summed E-state index contributed by atoms with van der Waals surface area (Å²) in [5.74, 6) is 6.05. The van der Waals surface area contributed by atoms with Crippen molar-refractivity contribution in [1.82, 2.24) is 0 Å². The summed E-state index contributed by atoms with van der Waals surface area (Å²) < 4.78 is 0.108. The van der Waals surface area contributed by atoms with Crippen LogP contribution in [-0.4, -0.2) is 9.67 Å². The second kappa shape index (κ2) is 5.37. The average molecular weight is 255 g/mol. The Hall–Kier alpha value is -1.27. The quantitative estimate of drug-likeness (QED) is 0.491. The summed E-state index contributed by atoms with van der Waals surface area (Å²) in [6.45, 7) is 6.31. The second-order valence-electron chi connectivity index (χ2n) is 4.61. The Kier molecular flexibility index (Phi) is 4.36. The molecule has 6 heteroatoms. The third-order valence-electron chi connectivity index (χ3n) is 2.13. The highest BCUT2D eigenvalue weighted by atomic mass is 32.2. The number of hydrogen-bond donors (Lipinski definition) is 2. The molecule has 0 aliphatic rings. The summed E-state index contributed by atoms with van der Waals surface area (Å²) in [5.41, 5.74) is 3.69. The number of anilines is 1. The Labute approximate surface area is 105 Å². The van der Waals surface area contributed by atoms with Crippen LogP contribution in [0, 0.1) is 10.1 Å². The van der Waals surface area contributed by atoms with Crippen molar-refractivity contribution in [2.45, 2.75) is 31.3 Å².